The topological polar surface area (TPSA) is 78.9 Å². The Morgan fingerprint density at radius 2 is 1.65 bits per heavy atom. The smallest absolute Gasteiger partial charge is 0.261 e. The molecule has 178 valence electrons. The number of carbonyl (C=O) groups excluding carboxylic acids is 1. The molecule has 0 aromatic heterocycles. The van der Waals surface area contributed by atoms with E-state index in [0.29, 0.717) is 37.6 Å². The van der Waals surface area contributed by atoms with E-state index in [1.807, 2.05) is 13.0 Å². The standard InChI is InChI=1S/C25H26FN3O4S/c1-19-3-2-4-21(17-19)27-34(31,32)24-11-9-23(10-12-24)33-18-25(30)29-15-13-28(14-16-29)22-7-5-20(26)6-8-22/h2-12,17,27H,13-16,18H2,1H3. The van der Waals surface area contributed by atoms with Crippen LogP contribution < -0.4 is 14.4 Å². The number of carbonyl (C=O) groups is 1. The van der Waals surface area contributed by atoms with Crippen molar-refractivity contribution < 1.29 is 22.3 Å². The van der Waals surface area contributed by atoms with Crippen LogP contribution in [0.5, 0.6) is 5.75 Å². The van der Waals surface area contributed by atoms with Crippen molar-refractivity contribution >= 4 is 27.3 Å². The maximum Gasteiger partial charge on any atom is 0.261 e. The summed E-state index contributed by atoms with van der Waals surface area (Å²) < 4.78 is 46.5. The van der Waals surface area contributed by atoms with Crippen molar-refractivity contribution in [1.82, 2.24) is 4.90 Å². The molecule has 4 rings (SSSR count). The normalized spacial score (nSPS) is 14.1. The van der Waals surface area contributed by atoms with Gasteiger partial charge < -0.3 is 14.5 Å². The number of hydrogen-bond donors (Lipinski definition) is 1. The molecular weight excluding hydrogens is 457 g/mol. The molecule has 0 saturated carbocycles. The predicted octanol–water partition coefficient (Wildman–Crippen LogP) is 3.66. The average Bonchev–Trinajstić information content (AvgIpc) is 2.83. The van der Waals surface area contributed by atoms with Crippen molar-refractivity contribution in [2.24, 2.45) is 0 Å². The molecule has 0 spiro atoms. The highest BCUT2D eigenvalue weighted by atomic mass is 32.2. The van der Waals surface area contributed by atoms with Gasteiger partial charge in [0.25, 0.3) is 15.9 Å². The van der Waals surface area contributed by atoms with Gasteiger partial charge in [0.1, 0.15) is 11.6 Å². The zero-order valence-corrected chi connectivity index (χ0v) is 19.6. The monoisotopic (exact) mass is 483 g/mol. The van der Waals surface area contributed by atoms with Gasteiger partial charge in [0.2, 0.25) is 0 Å². The molecule has 3 aromatic rings. The number of benzene rings is 3. The van der Waals surface area contributed by atoms with Gasteiger partial charge in [-0.1, -0.05) is 12.1 Å². The number of nitrogens with zero attached hydrogens (tertiary/aromatic N) is 2. The summed E-state index contributed by atoms with van der Waals surface area (Å²) in [5.74, 6) is -0.00717. The minimum atomic E-state index is -3.73. The largest absolute Gasteiger partial charge is 0.484 e. The zero-order valence-electron chi connectivity index (χ0n) is 18.8. The van der Waals surface area contributed by atoms with E-state index in [9.17, 15) is 17.6 Å². The van der Waals surface area contributed by atoms with Crippen molar-refractivity contribution in [2.75, 3.05) is 42.4 Å². The second kappa shape index (κ2) is 10.1. The van der Waals surface area contributed by atoms with Gasteiger partial charge in [-0.15, -0.1) is 0 Å². The van der Waals surface area contributed by atoms with E-state index in [-0.39, 0.29) is 23.2 Å². The van der Waals surface area contributed by atoms with Gasteiger partial charge in [-0.05, 0) is 73.2 Å². The lowest BCUT2D eigenvalue weighted by Gasteiger charge is -2.36. The summed E-state index contributed by atoms with van der Waals surface area (Å²) in [7, 11) is -3.73. The number of anilines is 2. The second-order valence-electron chi connectivity index (χ2n) is 8.08. The van der Waals surface area contributed by atoms with Crippen LogP contribution in [0.25, 0.3) is 0 Å². The van der Waals surface area contributed by atoms with Crippen molar-refractivity contribution in [3.63, 3.8) is 0 Å². The molecule has 9 heteroatoms. The summed E-state index contributed by atoms with van der Waals surface area (Å²) in [4.78, 5) is 16.5. The average molecular weight is 484 g/mol. The van der Waals surface area contributed by atoms with Gasteiger partial charge in [0, 0.05) is 37.6 Å². The number of ether oxygens (including phenoxy) is 1. The van der Waals surface area contributed by atoms with E-state index in [1.54, 1.807) is 35.2 Å². The Hall–Kier alpha value is -3.59. The molecule has 0 atom stereocenters. The van der Waals surface area contributed by atoms with Crippen LogP contribution in [-0.4, -0.2) is 52.0 Å². The number of hydrogen-bond acceptors (Lipinski definition) is 5. The lowest BCUT2D eigenvalue weighted by molar-refractivity contribution is -0.133. The highest BCUT2D eigenvalue weighted by Crippen LogP contribution is 2.21. The van der Waals surface area contributed by atoms with Crippen molar-refractivity contribution in [3.05, 3.63) is 84.2 Å². The Balaban J connectivity index is 1.28. The molecule has 0 unspecified atom stereocenters. The molecular formula is C25H26FN3O4S. The van der Waals surface area contributed by atoms with E-state index < -0.39 is 10.0 Å². The van der Waals surface area contributed by atoms with Crippen molar-refractivity contribution in [1.29, 1.82) is 0 Å². The minimum Gasteiger partial charge on any atom is -0.484 e. The van der Waals surface area contributed by atoms with Crippen LogP contribution in [0.3, 0.4) is 0 Å². The fraction of sp³-hybridized carbons (Fsp3) is 0.240. The number of piperazine rings is 1. The molecule has 1 saturated heterocycles. The molecule has 1 amide bonds. The number of nitrogens with one attached hydrogen (secondary N) is 1. The number of rotatable bonds is 7. The van der Waals surface area contributed by atoms with E-state index >= 15 is 0 Å². The Bertz CT molecular complexity index is 1240. The SMILES string of the molecule is Cc1cccc(NS(=O)(=O)c2ccc(OCC(=O)N3CCN(c4ccc(F)cc4)CC3)cc2)c1. The third kappa shape index (κ3) is 5.85. The minimum absolute atomic E-state index is 0.101. The van der Waals surface area contributed by atoms with Crippen LogP contribution in [0.4, 0.5) is 15.8 Å². The van der Waals surface area contributed by atoms with E-state index in [1.165, 1.54) is 36.4 Å². The maximum absolute atomic E-state index is 13.1. The third-order valence-electron chi connectivity index (χ3n) is 5.59. The first-order valence-electron chi connectivity index (χ1n) is 10.9. The van der Waals surface area contributed by atoms with Gasteiger partial charge in [-0.2, -0.15) is 0 Å². The van der Waals surface area contributed by atoms with Gasteiger partial charge in [0.15, 0.2) is 6.61 Å². The second-order valence-corrected chi connectivity index (χ2v) is 9.76. The summed E-state index contributed by atoms with van der Waals surface area (Å²) in [6.45, 7) is 4.14. The first-order valence-corrected chi connectivity index (χ1v) is 12.4. The fourth-order valence-corrected chi connectivity index (χ4v) is 4.79. The van der Waals surface area contributed by atoms with E-state index in [0.717, 1.165) is 11.3 Å². The third-order valence-corrected chi connectivity index (χ3v) is 6.99. The molecule has 0 aliphatic carbocycles. The van der Waals surface area contributed by atoms with Crippen LogP contribution in [0.2, 0.25) is 0 Å². The van der Waals surface area contributed by atoms with Gasteiger partial charge in [0.05, 0.1) is 4.90 Å². The van der Waals surface area contributed by atoms with Gasteiger partial charge >= 0.3 is 0 Å². The molecule has 1 aliphatic heterocycles. The molecule has 3 aromatic carbocycles. The van der Waals surface area contributed by atoms with Gasteiger partial charge in [-0.3, -0.25) is 9.52 Å². The molecule has 1 fully saturated rings. The van der Waals surface area contributed by atoms with Crippen LogP contribution in [0.15, 0.2) is 77.7 Å². The van der Waals surface area contributed by atoms with Gasteiger partial charge in [-0.25, -0.2) is 12.8 Å². The highest BCUT2D eigenvalue weighted by Gasteiger charge is 2.22. The van der Waals surface area contributed by atoms with Crippen LogP contribution in [0, 0.1) is 12.7 Å². The zero-order chi connectivity index (χ0) is 24.1. The Kier molecular flexibility index (Phi) is 7.02. The van der Waals surface area contributed by atoms with Crippen LogP contribution in [0.1, 0.15) is 5.56 Å². The molecule has 7 nitrogen and oxygen atoms in total. The first-order chi connectivity index (χ1) is 16.3. The highest BCUT2D eigenvalue weighted by molar-refractivity contribution is 7.92. The first kappa shape index (κ1) is 23.6. The molecule has 1 N–H and O–H groups in total. The lowest BCUT2D eigenvalue weighted by atomic mass is 10.2. The number of aryl methyl sites for hydroxylation is 1. The molecule has 1 heterocycles. The number of amides is 1. The van der Waals surface area contributed by atoms with E-state index in [4.69, 9.17) is 4.74 Å². The summed E-state index contributed by atoms with van der Waals surface area (Å²) in [6.07, 6.45) is 0. The summed E-state index contributed by atoms with van der Waals surface area (Å²) in [5.41, 5.74) is 2.37. The quantitative estimate of drug-likeness (QED) is 0.555. The molecule has 34 heavy (non-hydrogen) atoms. The molecule has 0 radical (unpaired) electrons. The van der Waals surface area contributed by atoms with Crippen molar-refractivity contribution in [2.45, 2.75) is 11.8 Å². The summed E-state index contributed by atoms with van der Waals surface area (Å²) in [6, 6.07) is 19.4. The van der Waals surface area contributed by atoms with Crippen LogP contribution >= 0.6 is 0 Å². The summed E-state index contributed by atoms with van der Waals surface area (Å²) in [5, 5.41) is 0. The maximum atomic E-state index is 13.1. The molecule has 1 aliphatic rings. The Morgan fingerprint density at radius 3 is 2.29 bits per heavy atom. The van der Waals surface area contributed by atoms with Crippen molar-refractivity contribution in [3.8, 4) is 5.75 Å². The lowest BCUT2D eigenvalue weighted by Crippen LogP contribution is -2.50. The summed E-state index contributed by atoms with van der Waals surface area (Å²) >= 11 is 0. The predicted molar refractivity (Wildman–Crippen MR) is 129 cm³/mol. The fourth-order valence-electron chi connectivity index (χ4n) is 3.74. The number of sulfonamides is 1. The van der Waals surface area contributed by atoms with E-state index in [2.05, 4.69) is 9.62 Å². The number of halogens is 1. The van der Waals surface area contributed by atoms with Crippen LogP contribution in [-0.2, 0) is 14.8 Å². The molecule has 0 bridgehead atoms. The Morgan fingerprint density at radius 1 is 0.971 bits per heavy atom. The Labute approximate surface area is 198 Å².